The topological polar surface area (TPSA) is 100 Å². The maximum Gasteiger partial charge on any atom is 0.259 e. The Balaban J connectivity index is 2.22. The van der Waals surface area contributed by atoms with E-state index in [9.17, 15) is 4.79 Å². The number of benzene rings is 1. The van der Waals surface area contributed by atoms with Crippen LogP contribution in [0.5, 0.6) is 0 Å². The molecular formula is C12H10N6O. The molecule has 94 valence electrons. The molecule has 3 aromatic rings. The zero-order valence-electron chi connectivity index (χ0n) is 10.1. The normalized spacial score (nSPS) is 11.4. The summed E-state index contributed by atoms with van der Waals surface area (Å²) in [5.41, 5.74) is 1.18. The smallest absolute Gasteiger partial charge is 0.259 e. The number of allylic oxidation sites excluding steroid dienone is 1. The monoisotopic (exact) mass is 254 g/mol. The highest BCUT2D eigenvalue weighted by atomic mass is 16.1. The lowest BCUT2D eigenvalue weighted by Gasteiger charge is -2.01. The summed E-state index contributed by atoms with van der Waals surface area (Å²) in [6.07, 6.45) is 3.56. The Morgan fingerprint density at radius 2 is 2.21 bits per heavy atom. The van der Waals surface area contributed by atoms with E-state index in [0.717, 1.165) is 5.56 Å². The summed E-state index contributed by atoms with van der Waals surface area (Å²) in [5.74, 6) is 1.05. The number of aromatic amines is 2. The summed E-state index contributed by atoms with van der Waals surface area (Å²) < 4.78 is 0. The number of nitrogens with one attached hydrogen (secondary N) is 2. The van der Waals surface area contributed by atoms with E-state index in [4.69, 9.17) is 0 Å². The zero-order valence-corrected chi connectivity index (χ0v) is 10.1. The van der Waals surface area contributed by atoms with Gasteiger partial charge < -0.3 is 4.98 Å². The molecule has 0 aliphatic rings. The molecule has 0 aliphatic carbocycles. The van der Waals surface area contributed by atoms with Gasteiger partial charge in [0.2, 0.25) is 0 Å². The van der Waals surface area contributed by atoms with E-state index in [0.29, 0.717) is 22.6 Å². The molecule has 0 bridgehead atoms. The van der Waals surface area contributed by atoms with Crippen LogP contribution in [-0.2, 0) is 0 Å². The number of tetrazole rings is 1. The maximum atomic E-state index is 12.0. The van der Waals surface area contributed by atoms with Gasteiger partial charge in [0.25, 0.3) is 5.56 Å². The summed E-state index contributed by atoms with van der Waals surface area (Å²) in [5, 5.41) is 14.0. The van der Waals surface area contributed by atoms with Crippen molar-refractivity contribution in [2.45, 2.75) is 6.92 Å². The Labute approximate surface area is 107 Å². The van der Waals surface area contributed by atoms with Gasteiger partial charge in [-0.2, -0.15) is 0 Å². The number of fused-ring (bicyclic) bond motifs is 1. The Morgan fingerprint density at radius 3 is 2.95 bits per heavy atom. The minimum atomic E-state index is -0.188. The standard InChI is InChI=1S/C12H10N6O/c1-2-3-10-13-9-5-4-7(11-15-17-18-16-11)6-8(9)12(19)14-10/h2-6H,1H3,(H,13,14,19)(H,15,16,17,18)/b3-2+. The van der Waals surface area contributed by atoms with Crippen LogP contribution in [-0.4, -0.2) is 30.6 Å². The van der Waals surface area contributed by atoms with Gasteiger partial charge in [0.1, 0.15) is 5.82 Å². The average Bonchev–Trinajstić information content (AvgIpc) is 2.93. The molecule has 0 fully saturated rings. The van der Waals surface area contributed by atoms with E-state index in [1.54, 1.807) is 18.2 Å². The number of hydrogen-bond donors (Lipinski definition) is 2. The van der Waals surface area contributed by atoms with Gasteiger partial charge in [0.15, 0.2) is 5.82 Å². The van der Waals surface area contributed by atoms with Gasteiger partial charge in [0, 0.05) is 5.56 Å². The highest BCUT2D eigenvalue weighted by Crippen LogP contribution is 2.17. The van der Waals surface area contributed by atoms with E-state index in [1.165, 1.54) is 0 Å². The predicted octanol–water partition coefficient (Wildman–Crippen LogP) is 1.14. The lowest BCUT2D eigenvalue weighted by molar-refractivity contribution is 0.881. The molecule has 0 radical (unpaired) electrons. The minimum Gasteiger partial charge on any atom is -0.306 e. The fourth-order valence-electron chi connectivity index (χ4n) is 1.82. The Hall–Kier alpha value is -2.83. The first-order valence-electron chi connectivity index (χ1n) is 5.69. The molecule has 2 aromatic heterocycles. The lowest BCUT2D eigenvalue weighted by atomic mass is 10.1. The summed E-state index contributed by atoms with van der Waals surface area (Å²) in [6.45, 7) is 1.87. The number of rotatable bonds is 2. The zero-order chi connectivity index (χ0) is 13.2. The van der Waals surface area contributed by atoms with Crippen LogP contribution >= 0.6 is 0 Å². The number of H-pyrrole nitrogens is 2. The molecule has 0 amide bonds. The summed E-state index contributed by atoms with van der Waals surface area (Å²) in [6, 6.07) is 5.30. The SMILES string of the molecule is C/C=C/c1nc2ccc(-c3nnn[nH]3)cc2c(=O)[nH]1. The molecule has 3 rings (SSSR count). The van der Waals surface area contributed by atoms with E-state index in [2.05, 4.69) is 30.6 Å². The molecule has 2 heterocycles. The molecule has 1 aromatic carbocycles. The second kappa shape index (κ2) is 4.45. The van der Waals surface area contributed by atoms with Crippen LogP contribution < -0.4 is 5.56 Å². The molecule has 0 atom stereocenters. The average molecular weight is 254 g/mol. The molecule has 19 heavy (non-hydrogen) atoms. The number of aromatic nitrogens is 6. The van der Waals surface area contributed by atoms with Crippen LogP contribution in [0.3, 0.4) is 0 Å². The van der Waals surface area contributed by atoms with Crippen molar-refractivity contribution in [3.8, 4) is 11.4 Å². The molecule has 7 heteroatoms. The second-order valence-electron chi connectivity index (χ2n) is 3.93. The highest BCUT2D eigenvalue weighted by molar-refractivity contribution is 5.82. The third-order valence-electron chi connectivity index (χ3n) is 2.67. The van der Waals surface area contributed by atoms with Crippen molar-refractivity contribution in [2.75, 3.05) is 0 Å². The molecule has 2 N–H and O–H groups in total. The van der Waals surface area contributed by atoms with E-state index >= 15 is 0 Å². The van der Waals surface area contributed by atoms with Gasteiger partial charge in [0.05, 0.1) is 10.9 Å². The van der Waals surface area contributed by atoms with Crippen molar-refractivity contribution in [1.29, 1.82) is 0 Å². The van der Waals surface area contributed by atoms with Crippen molar-refractivity contribution in [1.82, 2.24) is 30.6 Å². The molecule has 0 unspecified atom stereocenters. The van der Waals surface area contributed by atoms with E-state index < -0.39 is 0 Å². The van der Waals surface area contributed by atoms with Crippen molar-refractivity contribution in [2.24, 2.45) is 0 Å². The second-order valence-corrected chi connectivity index (χ2v) is 3.93. The van der Waals surface area contributed by atoms with Crippen molar-refractivity contribution in [3.05, 3.63) is 40.5 Å². The largest absolute Gasteiger partial charge is 0.306 e. The van der Waals surface area contributed by atoms with Gasteiger partial charge in [-0.3, -0.25) is 4.79 Å². The third-order valence-corrected chi connectivity index (χ3v) is 2.67. The van der Waals surface area contributed by atoms with Gasteiger partial charge in [-0.05, 0) is 41.6 Å². The molecule has 0 saturated heterocycles. The summed E-state index contributed by atoms with van der Waals surface area (Å²) >= 11 is 0. The lowest BCUT2D eigenvalue weighted by Crippen LogP contribution is -2.09. The van der Waals surface area contributed by atoms with Gasteiger partial charge in [-0.15, -0.1) is 5.10 Å². The van der Waals surface area contributed by atoms with Crippen molar-refractivity contribution >= 4 is 17.0 Å². The molecular weight excluding hydrogens is 244 g/mol. The molecule has 7 nitrogen and oxygen atoms in total. The van der Waals surface area contributed by atoms with Crippen molar-refractivity contribution < 1.29 is 0 Å². The Morgan fingerprint density at radius 1 is 1.32 bits per heavy atom. The fourth-order valence-corrected chi connectivity index (χ4v) is 1.82. The highest BCUT2D eigenvalue weighted by Gasteiger charge is 2.07. The Bertz CT molecular complexity index is 803. The third kappa shape index (κ3) is 2.01. The van der Waals surface area contributed by atoms with Crippen molar-refractivity contribution in [3.63, 3.8) is 0 Å². The van der Waals surface area contributed by atoms with Crippen LogP contribution in [0.1, 0.15) is 12.7 Å². The van der Waals surface area contributed by atoms with E-state index in [1.807, 2.05) is 19.1 Å². The first-order chi connectivity index (χ1) is 9.28. The van der Waals surface area contributed by atoms with Gasteiger partial charge in [-0.25, -0.2) is 10.1 Å². The summed E-state index contributed by atoms with van der Waals surface area (Å²) in [7, 11) is 0. The first-order valence-corrected chi connectivity index (χ1v) is 5.69. The fraction of sp³-hybridized carbons (Fsp3) is 0.0833. The first kappa shape index (κ1) is 11.3. The van der Waals surface area contributed by atoms with Crippen LogP contribution in [0.15, 0.2) is 29.1 Å². The van der Waals surface area contributed by atoms with Crippen LogP contribution in [0.2, 0.25) is 0 Å². The van der Waals surface area contributed by atoms with Crippen LogP contribution in [0.25, 0.3) is 28.4 Å². The quantitative estimate of drug-likeness (QED) is 0.714. The molecule has 0 aliphatic heterocycles. The van der Waals surface area contributed by atoms with E-state index in [-0.39, 0.29) is 5.56 Å². The number of hydrogen-bond acceptors (Lipinski definition) is 5. The van der Waals surface area contributed by atoms with Crippen LogP contribution in [0.4, 0.5) is 0 Å². The molecule has 0 saturated carbocycles. The maximum absolute atomic E-state index is 12.0. The Kier molecular flexibility index (Phi) is 2.64. The van der Waals surface area contributed by atoms with Crippen LogP contribution in [0, 0.1) is 0 Å². The number of nitrogens with zero attached hydrogens (tertiary/aromatic N) is 4. The predicted molar refractivity (Wildman–Crippen MR) is 70.2 cm³/mol. The van der Waals surface area contributed by atoms with Gasteiger partial charge >= 0.3 is 0 Å². The van der Waals surface area contributed by atoms with Gasteiger partial charge in [-0.1, -0.05) is 6.08 Å². The minimum absolute atomic E-state index is 0.188. The summed E-state index contributed by atoms with van der Waals surface area (Å²) in [4.78, 5) is 19.1. The molecule has 0 spiro atoms.